The number of carbonyl (C=O) groups excluding carboxylic acids is 1. The van der Waals surface area contributed by atoms with E-state index in [1.807, 2.05) is 21.1 Å². The first kappa shape index (κ1) is 48.2. The molecule has 49 heavy (non-hydrogen) atoms. The third kappa shape index (κ3) is 35.4. The number of nitrogens with one attached hydrogen (secondary N) is 1. The number of aliphatic hydroxyl groups excluding tert-OH is 1. The zero-order valence-electron chi connectivity index (χ0n) is 32.9. The minimum atomic E-state index is -4.56. The van der Waals surface area contributed by atoms with Crippen molar-refractivity contribution in [2.75, 3.05) is 40.9 Å². The molecule has 1 amide bonds. The molecule has 0 bridgehead atoms. The summed E-state index contributed by atoms with van der Waals surface area (Å²) in [5, 5.41) is 13.8. The van der Waals surface area contributed by atoms with Gasteiger partial charge in [0.2, 0.25) is 5.91 Å². The van der Waals surface area contributed by atoms with E-state index in [0.717, 1.165) is 51.4 Å². The average Bonchev–Trinajstić information content (AvgIpc) is 3.04. The van der Waals surface area contributed by atoms with Gasteiger partial charge in [-0.25, -0.2) is 0 Å². The Morgan fingerprint density at radius 3 is 1.59 bits per heavy atom. The van der Waals surface area contributed by atoms with Gasteiger partial charge < -0.3 is 28.8 Å². The van der Waals surface area contributed by atoms with Gasteiger partial charge in [-0.2, -0.15) is 0 Å². The molecule has 8 nitrogen and oxygen atoms in total. The summed E-state index contributed by atoms with van der Waals surface area (Å²) in [6.45, 7) is 4.69. The molecule has 0 fully saturated rings. The largest absolute Gasteiger partial charge is 0.756 e. The average molecular weight is 717 g/mol. The minimum absolute atomic E-state index is 0.0121. The van der Waals surface area contributed by atoms with E-state index in [9.17, 15) is 19.4 Å². The number of hydrogen-bond acceptors (Lipinski definition) is 6. The molecule has 0 aliphatic heterocycles. The van der Waals surface area contributed by atoms with E-state index in [0.29, 0.717) is 23.9 Å². The Kier molecular flexibility index (Phi) is 32.6. The molecule has 0 saturated heterocycles. The maximum Gasteiger partial charge on any atom is 0.268 e. The van der Waals surface area contributed by atoms with E-state index in [1.165, 1.54) is 109 Å². The normalized spacial score (nSPS) is 14.7. The lowest BCUT2D eigenvalue weighted by Gasteiger charge is -2.30. The summed E-state index contributed by atoms with van der Waals surface area (Å²) in [6.07, 6.45) is 34.9. The SMILES string of the molecule is CCCCCCC/C=C/CCCCCCCC(=O)N[C@@H](COP(=O)([O-])OCC[N+](C)(C)C)[C@H](O)CCCCCCCCCCCCCCC. The summed E-state index contributed by atoms with van der Waals surface area (Å²) in [6, 6.07) is -0.799. The van der Waals surface area contributed by atoms with Crippen LogP contribution >= 0.6 is 7.82 Å². The Morgan fingerprint density at radius 2 is 1.12 bits per heavy atom. The number of allylic oxidation sites excluding steroid dienone is 2. The number of rotatable bonds is 37. The van der Waals surface area contributed by atoms with E-state index < -0.39 is 20.0 Å². The number of likely N-dealkylation sites (N-methyl/N-ethyl adjacent to an activating group) is 1. The Hall–Kier alpha value is -0.760. The van der Waals surface area contributed by atoms with Crippen molar-refractivity contribution in [3.63, 3.8) is 0 Å². The van der Waals surface area contributed by atoms with Gasteiger partial charge in [0.1, 0.15) is 13.2 Å². The van der Waals surface area contributed by atoms with Gasteiger partial charge in [-0.15, -0.1) is 0 Å². The van der Waals surface area contributed by atoms with Crippen LogP contribution in [0.25, 0.3) is 0 Å². The number of aliphatic hydroxyl groups is 1. The number of carbonyl (C=O) groups is 1. The van der Waals surface area contributed by atoms with Crippen LogP contribution in [0.1, 0.15) is 187 Å². The van der Waals surface area contributed by atoms with Gasteiger partial charge in [0.25, 0.3) is 7.82 Å². The molecule has 0 saturated carbocycles. The van der Waals surface area contributed by atoms with Crippen molar-refractivity contribution < 1.29 is 32.9 Å². The highest BCUT2D eigenvalue weighted by molar-refractivity contribution is 7.45. The second kappa shape index (κ2) is 33.1. The van der Waals surface area contributed by atoms with E-state index in [1.54, 1.807) is 0 Å². The number of phosphoric ester groups is 1. The third-order valence-corrected chi connectivity index (χ3v) is 10.2. The second-order valence-electron chi connectivity index (χ2n) is 15.3. The molecular weight excluding hydrogens is 635 g/mol. The first-order chi connectivity index (χ1) is 23.5. The van der Waals surface area contributed by atoms with Crippen LogP contribution in [-0.2, 0) is 18.4 Å². The zero-order chi connectivity index (χ0) is 36.5. The quantitative estimate of drug-likeness (QED) is 0.0287. The van der Waals surface area contributed by atoms with E-state index in [4.69, 9.17) is 9.05 Å². The fourth-order valence-corrected chi connectivity index (χ4v) is 6.64. The standard InChI is InChI=1S/C40H81N2O6P/c1-6-8-10-12-14-16-18-20-22-24-26-28-30-32-34-40(44)41-38(37-48-49(45,46)47-36-35-42(3,4)5)39(43)33-31-29-27-25-23-21-19-17-15-13-11-9-7-2/h18,20,38-39,43H,6-17,19,21-37H2,1-5H3,(H-,41,44,45,46)/b20-18+/t38-,39+/m0/s1. The van der Waals surface area contributed by atoms with Crippen LogP contribution in [0.5, 0.6) is 0 Å². The number of nitrogens with zero attached hydrogens (tertiary/aromatic N) is 1. The van der Waals surface area contributed by atoms with Crippen LogP contribution in [0.15, 0.2) is 12.2 Å². The number of amides is 1. The molecular formula is C40H81N2O6P. The summed E-state index contributed by atoms with van der Waals surface area (Å²) in [5.74, 6) is -0.174. The Morgan fingerprint density at radius 1 is 0.694 bits per heavy atom. The molecule has 9 heteroatoms. The van der Waals surface area contributed by atoms with Gasteiger partial charge >= 0.3 is 0 Å². The highest BCUT2D eigenvalue weighted by Crippen LogP contribution is 2.38. The van der Waals surface area contributed by atoms with Crippen LogP contribution in [0.2, 0.25) is 0 Å². The van der Waals surface area contributed by atoms with Gasteiger partial charge in [0, 0.05) is 6.42 Å². The van der Waals surface area contributed by atoms with E-state index in [2.05, 4.69) is 31.3 Å². The molecule has 0 heterocycles. The summed E-state index contributed by atoms with van der Waals surface area (Å²) < 4.78 is 23.2. The smallest absolute Gasteiger partial charge is 0.268 e. The Labute approximate surface area is 303 Å². The summed E-state index contributed by atoms with van der Waals surface area (Å²) >= 11 is 0. The zero-order valence-corrected chi connectivity index (χ0v) is 33.8. The highest BCUT2D eigenvalue weighted by atomic mass is 31.2. The van der Waals surface area contributed by atoms with Crippen molar-refractivity contribution in [1.82, 2.24) is 5.32 Å². The molecule has 0 aliphatic rings. The molecule has 2 N–H and O–H groups in total. The molecule has 0 aromatic heterocycles. The predicted molar refractivity (Wildman–Crippen MR) is 205 cm³/mol. The Bertz CT molecular complexity index is 819. The van der Waals surface area contributed by atoms with Crippen LogP contribution in [-0.4, -0.2) is 68.5 Å². The van der Waals surface area contributed by atoms with Crippen molar-refractivity contribution in [1.29, 1.82) is 0 Å². The number of hydrogen-bond donors (Lipinski definition) is 2. The van der Waals surface area contributed by atoms with E-state index in [-0.39, 0.29) is 19.1 Å². The van der Waals surface area contributed by atoms with Gasteiger partial charge in [0.05, 0.1) is 39.9 Å². The number of phosphoric acid groups is 1. The Balaban J connectivity index is 4.44. The summed E-state index contributed by atoms with van der Waals surface area (Å²) in [5.41, 5.74) is 0. The van der Waals surface area contributed by atoms with Gasteiger partial charge in [-0.3, -0.25) is 9.36 Å². The lowest BCUT2D eigenvalue weighted by atomic mass is 10.0. The molecule has 292 valence electrons. The van der Waals surface area contributed by atoms with Crippen LogP contribution in [0.4, 0.5) is 0 Å². The molecule has 0 aromatic rings. The summed E-state index contributed by atoms with van der Waals surface area (Å²) in [7, 11) is 1.30. The summed E-state index contributed by atoms with van der Waals surface area (Å²) in [4.78, 5) is 25.2. The van der Waals surface area contributed by atoms with Gasteiger partial charge in [-0.05, 0) is 38.5 Å². The van der Waals surface area contributed by atoms with E-state index >= 15 is 0 Å². The third-order valence-electron chi connectivity index (χ3n) is 9.25. The predicted octanol–water partition coefficient (Wildman–Crippen LogP) is 10.2. The highest BCUT2D eigenvalue weighted by Gasteiger charge is 2.24. The molecule has 3 atom stereocenters. The van der Waals surface area contributed by atoms with Crippen LogP contribution in [0, 0.1) is 0 Å². The molecule has 0 aromatic carbocycles. The second-order valence-corrected chi connectivity index (χ2v) is 16.8. The van der Waals surface area contributed by atoms with Crippen LogP contribution in [0.3, 0.4) is 0 Å². The van der Waals surface area contributed by atoms with Crippen LogP contribution < -0.4 is 10.2 Å². The maximum absolute atomic E-state index is 12.8. The number of quaternary nitrogens is 1. The van der Waals surface area contributed by atoms with Crippen molar-refractivity contribution in [3.05, 3.63) is 12.2 Å². The van der Waals surface area contributed by atoms with Crippen molar-refractivity contribution in [3.8, 4) is 0 Å². The molecule has 0 spiro atoms. The maximum atomic E-state index is 12.8. The molecule has 1 unspecified atom stereocenters. The van der Waals surface area contributed by atoms with Crippen molar-refractivity contribution in [2.24, 2.45) is 0 Å². The van der Waals surface area contributed by atoms with Gasteiger partial charge in [-0.1, -0.05) is 154 Å². The molecule has 0 aliphatic carbocycles. The van der Waals surface area contributed by atoms with Gasteiger partial charge in [0.15, 0.2) is 0 Å². The fourth-order valence-electron chi connectivity index (χ4n) is 5.92. The van der Waals surface area contributed by atoms with Crippen molar-refractivity contribution in [2.45, 2.75) is 199 Å². The molecule has 0 rings (SSSR count). The topological polar surface area (TPSA) is 108 Å². The number of unbranched alkanes of at least 4 members (excludes halogenated alkanes) is 22. The lowest BCUT2D eigenvalue weighted by molar-refractivity contribution is -0.870. The monoisotopic (exact) mass is 717 g/mol. The fraction of sp³-hybridized carbons (Fsp3) is 0.925. The minimum Gasteiger partial charge on any atom is -0.756 e. The first-order valence-corrected chi connectivity index (χ1v) is 22.0. The lowest BCUT2D eigenvalue weighted by Crippen LogP contribution is -2.46. The van der Waals surface area contributed by atoms with Crippen molar-refractivity contribution >= 4 is 13.7 Å². The first-order valence-electron chi connectivity index (χ1n) is 20.5. The molecule has 0 radical (unpaired) electrons.